The van der Waals surface area contributed by atoms with Crippen LogP contribution in [-0.2, 0) is 13.0 Å². The molecule has 0 saturated heterocycles. The Labute approximate surface area is 114 Å². The Morgan fingerprint density at radius 1 is 1.37 bits per heavy atom. The zero-order valence-electron chi connectivity index (χ0n) is 11.7. The van der Waals surface area contributed by atoms with Crippen molar-refractivity contribution in [2.45, 2.75) is 45.7 Å². The van der Waals surface area contributed by atoms with Gasteiger partial charge in [0.2, 0.25) is 0 Å². The molecule has 1 aromatic carbocycles. The predicted molar refractivity (Wildman–Crippen MR) is 76.7 cm³/mol. The number of aromatic nitrogens is 3. The first-order valence-electron chi connectivity index (χ1n) is 6.90. The first kappa shape index (κ1) is 13.7. The van der Waals surface area contributed by atoms with Gasteiger partial charge in [0, 0.05) is 12.6 Å². The summed E-state index contributed by atoms with van der Waals surface area (Å²) in [7, 11) is 0. The largest absolute Gasteiger partial charge is 0.323 e. The van der Waals surface area contributed by atoms with Crippen molar-refractivity contribution < 1.29 is 0 Å². The molecule has 0 radical (unpaired) electrons. The maximum atomic E-state index is 6.26. The lowest BCUT2D eigenvalue weighted by Crippen LogP contribution is -2.17. The van der Waals surface area contributed by atoms with E-state index in [1.165, 1.54) is 11.1 Å². The number of aryl methyl sites for hydroxylation is 3. The van der Waals surface area contributed by atoms with Gasteiger partial charge in [0.1, 0.15) is 0 Å². The number of rotatable bonds is 6. The molecule has 1 unspecified atom stereocenters. The summed E-state index contributed by atoms with van der Waals surface area (Å²) in [5, 5.41) is 8.05. The van der Waals surface area contributed by atoms with E-state index in [-0.39, 0.29) is 6.04 Å². The molecule has 4 nitrogen and oxygen atoms in total. The Morgan fingerprint density at radius 3 is 2.95 bits per heavy atom. The van der Waals surface area contributed by atoms with E-state index in [4.69, 9.17) is 5.73 Å². The molecule has 0 amide bonds. The molecular formula is C15H22N4. The van der Waals surface area contributed by atoms with E-state index < -0.39 is 0 Å². The topological polar surface area (TPSA) is 56.7 Å². The normalized spacial score (nSPS) is 12.6. The second kappa shape index (κ2) is 6.48. The van der Waals surface area contributed by atoms with E-state index in [1.807, 2.05) is 4.68 Å². The Bertz CT molecular complexity index is 518. The van der Waals surface area contributed by atoms with Crippen molar-refractivity contribution in [2.75, 3.05) is 0 Å². The van der Waals surface area contributed by atoms with Crippen LogP contribution in [0.2, 0.25) is 0 Å². The van der Waals surface area contributed by atoms with Crippen molar-refractivity contribution in [2.24, 2.45) is 5.73 Å². The highest BCUT2D eigenvalue weighted by molar-refractivity contribution is 5.22. The van der Waals surface area contributed by atoms with Gasteiger partial charge in [-0.15, -0.1) is 5.10 Å². The van der Waals surface area contributed by atoms with E-state index in [1.54, 1.807) is 6.20 Å². The molecule has 0 aliphatic heterocycles. The molecule has 2 rings (SSSR count). The van der Waals surface area contributed by atoms with Crippen LogP contribution in [-0.4, -0.2) is 15.0 Å². The molecule has 19 heavy (non-hydrogen) atoms. The first-order chi connectivity index (χ1) is 9.20. The monoisotopic (exact) mass is 258 g/mol. The van der Waals surface area contributed by atoms with E-state index in [0.29, 0.717) is 0 Å². The average molecular weight is 258 g/mol. The van der Waals surface area contributed by atoms with E-state index in [2.05, 4.69) is 48.4 Å². The van der Waals surface area contributed by atoms with Crippen molar-refractivity contribution in [1.82, 2.24) is 15.0 Å². The highest BCUT2D eigenvalue weighted by atomic mass is 15.4. The minimum Gasteiger partial charge on any atom is -0.323 e. The van der Waals surface area contributed by atoms with Crippen LogP contribution in [0.25, 0.3) is 0 Å². The van der Waals surface area contributed by atoms with Crippen LogP contribution in [0, 0.1) is 6.92 Å². The van der Waals surface area contributed by atoms with Gasteiger partial charge in [-0.3, -0.25) is 0 Å². The average Bonchev–Trinajstić information content (AvgIpc) is 2.85. The fourth-order valence-electron chi connectivity index (χ4n) is 2.28. The number of hydrogen-bond acceptors (Lipinski definition) is 3. The van der Waals surface area contributed by atoms with Gasteiger partial charge in [0.05, 0.1) is 11.9 Å². The minimum atomic E-state index is 0.00191. The Kier molecular flexibility index (Phi) is 4.68. The molecule has 1 heterocycles. The molecule has 1 atom stereocenters. The van der Waals surface area contributed by atoms with E-state index in [9.17, 15) is 0 Å². The fraction of sp³-hybridized carbons (Fsp3) is 0.467. The van der Waals surface area contributed by atoms with E-state index in [0.717, 1.165) is 31.5 Å². The van der Waals surface area contributed by atoms with Gasteiger partial charge in [0.15, 0.2) is 0 Å². The standard InChI is InChI=1S/C15H22N4/c1-3-9-19-15(11-17-18-19)14(16)8-7-13-6-4-5-12(2)10-13/h4-6,10-11,14H,3,7-9,16H2,1-2H3. The van der Waals surface area contributed by atoms with Crippen LogP contribution in [0.1, 0.15) is 42.6 Å². The molecule has 1 aromatic heterocycles. The lowest BCUT2D eigenvalue weighted by atomic mass is 10.0. The van der Waals surface area contributed by atoms with Crippen molar-refractivity contribution in [1.29, 1.82) is 0 Å². The molecule has 4 heteroatoms. The van der Waals surface area contributed by atoms with Gasteiger partial charge >= 0.3 is 0 Å². The number of benzene rings is 1. The lowest BCUT2D eigenvalue weighted by Gasteiger charge is -2.13. The van der Waals surface area contributed by atoms with Crippen LogP contribution in [0.5, 0.6) is 0 Å². The van der Waals surface area contributed by atoms with Crippen LogP contribution in [0.4, 0.5) is 0 Å². The Hall–Kier alpha value is -1.68. The van der Waals surface area contributed by atoms with Gasteiger partial charge < -0.3 is 5.73 Å². The quantitative estimate of drug-likeness (QED) is 0.866. The Balaban J connectivity index is 1.97. The summed E-state index contributed by atoms with van der Waals surface area (Å²) in [6, 6.07) is 8.58. The number of nitrogens with zero attached hydrogens (tertiary/aromatic N) is 3. The van der Waals surface area contributed by atoms with Crippen LogP contribution in [0.3, 0.4) is 0 Å². The molecule has 102 valence electrons. The SMILES string of the molecule is CCCn1nncc1C(N)CCc1cccc(C)c1. The first-order valence-corrected chi connectivity index (χ1v) is 6.90. The molecule has 0 bridgehead atoms. The summed E-state index contributed by atoms with van der Waals surface area (Å²) in [5.41, 5.74) is 9.93. The fourth-order valence-corrected chi connectivity index (χ4v) is 2.28. The summed E-state index contributed by atoms with van der Waals surface area (Å²) in [6.45, 7) is 5.13. The van der Waals surface area contributed by atoms with Gasteiger partial charge in [-0.1, -0.05) is 42.0 Å². The van der Waals surface area contributed by atoms with Crippen molar-refractivity contribution in [3.8, 4) is 0 Å². The summed E-state index contributed by atoms with van der Waals surface area (Å²) in [5.74, 6) is 0. The van der Waals surface area contributed by atoms with Gasteiger partial charge in [0.25, 0.3) is 0 Å². The van der Waals surface area contributed by atoms with E-state index >= 15 is 0 Å². The summed E-state index contributed by atoms with van der Waals surface area (Å²) >= 11 is 0. The smallest absolute Gasteiger partial charge is 0.0754 e. The maximum absolute atomic E-state index is 6.26. The second-order valence-electron chi connectivity index (χ2n) is 5.02. The van der Waals surface area contributed by atoms with Crippen molar-refractivity contribution in [3.63, 3.8) is 0 Å². The van der Waals surface area contributed by atoms with Crippen molar-refractivity contribution in [3.05, 3.63) is 47.3 Å². The third-order valence-corrected chi connectivity index (χ3v) is 3.29. The van der Waals surface area contributed by atoms with Crippen LogP contribution in [0.15, 0.2) is 30.5 Å². The maximum Gasteiger partial charge on any atom is 0.0754 e. The molecule has 2 aromatic rings. The zero-order valence-corrected chi connectivity index (χ0v) is 11.7. The summed E-state index contributed by atoms with van der Waals surface area (Å²) in [6.07, 6.45) is 4.73. The molecule has 0 spiro atoms. The predicted octanol–water partition coefficient (Wildman–Crippen LogP) is 2.63. The molecule has 0 aliphatic carbocycles. The van der Waals surface area contributed by atoms with Gasteiger partial charge in [-0.05, 0) is 31.7 Å². The van der Waals surface area contributed by atoms with Gasteiger partial charge in [-0.2, -0.15) is 0 Å². The van der Waals surface area contributed by atoms with Crippen molar-refractivity contribution >= 4 is 0 Å². The highest BCUT2D eigenvalue weighted by Crippen LogP contribution is 2.16. The molecule has 0 fully saturated rings. The summed E-state index contributed by atoms with van der Waals surface area (Å²) < 4.78 is 1.92. The minimum absolute atomic E-state index is 0.00191. The van der Waals surface area contributed by atoms with Crippen LogP contribution < -0.4 is 5.73 Å². The number of hydrogen-bond donors (Lipinski definition) is 1. The molecule has 0 aliphatic rings. The third-order valence-electron chi connectivity index (χ3n) is 3.29. The van der Waals surface area contributed by atoms with Crippen LogP contribution >= 0.6 is 0 Å². The highest BCUT2D eigenvalue weighted by Gasteiger charge is 2.12. The Morgan fingerprint density at radius 2 is 2.21 bits per heavy atom. The zero-order chi connectivity index (χ0) is 13.7. The van der Waals surface area contributed by atoms with Gasteiger partial charge in [-0.25, -0.2) is 4.68 Å². The molecule has 0 saturated carbocycles. The second-order valence-corrected chi connectivity index (χ2v) is 5.02. The molecular weight excluding hydrogens is 236 g/mol. The number of nitrogens with two attached hydrogens (primary N) is 1. The lowest BCUT2D eigenvalue weighted by molar-refractivity contribution is 0.513. The third kappa shape index (κ3) is 3.64. The molecule has 2 N–H and O–H groups in total. The summed E-state index contributed by atoms with van der Waals surface area (Å²) in [4.78, 5) is 0.